The highest BCUT2D eigenvalue weighted by Gasteiger charge is 2.37. The topological polar surface area (TPSA) is 61.2 Å². The molecule has 0 aliphatic carbocycles. The zero-order valence-corrected chi connectivity index (χ0v) is 7.98. The van der Waals surface area contributed by atoms with Crippen LogP contribution in [0.4, 0.5) is 0 Å². The van der Waals surface area contributed by atoms with E-state index in [0.717, 1.165) is 11.3 Å². The molecular weight excluding hydrogens is 184 g/mol. The highest BCUT2D eigenvalue weighted by Crippen LogP contribution is 2.28. The summed E-state index contributed by atoms with van der Waals surface area (Å²) < 4.78 is 6.10. The Hall–Kier alpha value is -1.65. The summed E-state index contributed by atoms with van der Waals surface area (Å²) in [6, 6.07) is 0. The van der Waals surface area contributed by atoms with Gasteiger partial charge < -0.3 is 4.74 Å². The van der Waals surface area contributed by atoms with Gasteiger partial charge in [-0.1, -0.05) is 0 Å². The van der Waals surface area contributed by atoms with Crippen molar-refractivity contribution in [2.75, 3.05) is 0 Å². The maximum absolute atomic E-state index is 11.3. The van der Waals surface area contributed by atoms with Crippen molar-refractivity contribution in [3.05, 3.63) is 17.5 Å². The van der Waals surface area contributed by atoms with Gasteiger partial charge in [0.1, 0.15) is 5.92 Å². The second-order valence-electron chi connectivity index (χ2n) is 3.39. The Morgan fingerprint density at radius 1 is 1.57 bits per heavy atom. The molecule has 1 saturated heterocycles. The van der Waals surface area contributed by atoms with Crippen LogP contribution in [0.5, 0.6) is 0 Å². The van der Waals surface area contributed by atoms with Crippen LogP contribution < -0.4 is 0 Å². The van der Waals surface area contributed by atoms with E-state index < -0.39 is 17.9 Å². The van der Waals surface area contributed by atoms with Gasteiger partial charge in [-0.05, 0) is 12.5 Å². The molecule has 0 spiro atoms. The van der Waals surface area contributed by atoms with E-state index in [1.54, 1.807) is 17.9 Å². The molecule has 14 heavy (non-hydrogen) atoms. The van der Waals surface area contributed by atoms with E-state index in [2.05, 4.69) is 9.84 Å². The monoisotopic (exact) mass is 194 g/mol. The first-order chi connectivity index (χ1) is 6.59. The lowest BCUT2D eigenvalue weighted by Gasteiger charge is -2.06. The molecule has 0 radical (unpaired) electrons. The number of cyclic esters (lactones) is 2. The van der Waals surface area contributed by atoms with Crippen LogP contribution in [0.25, 0.3) is 0 Å². The Morgan fingerprint density at radius 3 is 2.71 bits per heavy atom. The summed E-state index contributed by atoms with van der Waals surface area (Å²) in [5.74, 6) is -1.41. The van der Waals surface area contributed by atoms with Gasteiger partial charge in [-0.25, -0.2) is 0 Å². The predicted molar refractivity (Wildman–Crippen MR) is 46.4 cm³/mol. The molecule has 1 aromatic heterocycles. The Bertz CT molecular complexity index is 389. The first-order valence-electron chi connectivity index (χ1n) is 4.32. The Morgan fingerprint density at radius 2 is 2.29 bits per heavy atom. The molecule has 2 heterocycles. The zero-order chi connectivity index (χ0) is 10.3. The minimum absolute atomic E-state index is 0.124. The Labute approximate surface area is 80.7 Å². The highest BCUT2D eigenvalue weighted by molar-refractivity contribution is 5.97. The summed E-state index contributed by atoms with van der Waals surface area (Å²) >= 11 is 0. The summed E-state index contributed by atoms with van der Waals surface area (Å²) in [6.07, 6.45) is 1.80. The second-order valence-corrected chi connectivity index (χ2v) is 3.39. The van der Waals surface area contributed by atoms with Crippen LogP contribution in [-0.4, -0.2) is 21.7 Å². The quantitative estimate of drug-likeness (QED) is 0.476. The third kappa shape index (κ3) is 1.21. The van der Waals surface area contributed by atoms with Crippen molar-refractivity contribution in [2.45, 2.75) is 19.3 Å². The molecule has 0 N–H and O–H groups in total. The molecule has 0 bridgehead atoms. The Balaban J connectivity index is 2.40. The van der Waals surface area contributed by atoms with Gasteiger partial charge in [-0.15, -0.1) is 0 Å². The third-order valence-electron chi connectivity index (χ3n) is 2.38. The van der Waals surface area contributed by atoms with E-state index in [9.17, 15) is 9.59 Å². The highest BCUT2D eigenvalue weighted by atomic mass is 16.6. The van der Waals surface area contributed by atoms with Crippen molar-refractivity contribution in [3.63, 3.8) is 0 Å². The fraction of sp³-hybridized carbons (Fsp3) is 0.444. The SMILES string of the molecule is Cc1cnn(C)c1C1CC(=O)OC1=O. The normalized spacial score (nSPS) is 21.4. The van der Waals surface area contributed by atoms with Crippen molar-refractivity contribution < 1.29 is 14.3 Å². The summed E-state index contributed by atoms with van der Waals surface area (Å²) in [4.78, 5) is 22.2. The van der Waals surface area contributed by atoms with E-state index in [1.165, 1.54) is 0 Å². The van der Waals surface area contributed by atoms with Crippen molar-refractivity contribution >= 4 is 11.9 Å². The predicted octanol–water partition coefficient (Wildman–Crippen LogP) is 0.286. The molecule has 5 heteroatoms. The minimum atomic E-state index is -0.477. The summed E-state index contributed by atoms with van der Waals surface area (Å²) in [7, 11) is 1.75. The molecule has 0 amide bonds. The van der Waals surface area contributed by atoms with Gasteiger partial charge >= 0.3 is 11.9 Å². The van der Waals surface area contributed by atoms with Crippen LogP contribution in [0.2, 0.25) is 0 Å². The lowest BCUT2D eigenvalue weighted by atomic mass is 10.0. The summed E-state index contributed by atoms with van der Waals surface area (Å²) in [6.45, 7) is 1.86. The number of ether oxygens (including phenoxy) is 1. The number of hydrogen-bond donors (Lipinski definition) is 0. The largest absolute Gasteiger partial charge is 0.393 e. The van der Waals surface area contributed by atoms with E-state index in [4.69, 9.17) is 0 Å². The lowest BCUT2D eigenvalue weighted by molar-refractivity contribution is -0.152. The van der Waals surface area contributed by atoms with Crippen LogP contribution in [0, 0.1) is 6.92 Å². The van der Waals surface area contributed by atoms with Crippen LogP contribution >= 0.6 is 0 Å². The number of hydrogen-bond acceptors (Lipinski definition) is 4. The zero-order valence-electron chi connectivity index (χ0n) is 7.98. The van der Waals surface area contributed by atoms with Crippen LogP contribution in [0.3, 0.4) is 0 Å². The standard InChI is InChI=1S/C9H10N2O3/c1-5-4-10-11(2)8(5)6-3-7(12)14-9(6)13/h4,6H,3H2,1-2H3. The maximum atomic E-state index is 11.3. The third-order valence-corrected chi connectivity index (χ3v) is 2.38. The van der Waals surface area contributed by atoms with Gasteiger partial charge in [-0.3, -0.25) is 14.3 Å². The van der Waals surface area contributed by atoms with Crippen molar-refractivity contribution in [1.82, 2.24) is 9.78 Å². The van der Waals surface area contributed by atoms with E-state index in [0.29, 0.717) is 0 Å². The fourth-order valence-electron chi connectivity index (χ4n) is 1.74. The fourth-order valence-corrected chi connectivity index (χ4v) is 1.74. The molecule has 0 saturated carbocycles. The lowest BCUT2D eigenvalue weighted by Crippen LogP contribution is -2.11. The van der Waals surface area contributed by atoms with Gasteiger partial charge in [0.15, 0.2) is 0 Å². The van der Waals surface area contributed by atoms with Crippen molar-refractivity contribution in [2.24, 2.45) is 7.05 Å². The molecule has 74 valence electrons. The molecule has 5 nitrogen and oxygen atoms in total. The van der Waals surface area contributed by atoms with E-state index in [-0.39, 0.29) is 6.42 Å². The summed E-state index contributed by atoms with van der Waals surface area (Å²) in [5, 5.41) is 4.02. The van der Waals surface area contributed by atoms with E-state index >= 15 is 0 Å². The molecule has 1 aliphatic rings. The molecular formula is C9H10N2O3. The first-order valence-corrected chi connectivity index (χ1v) is 4.32. The van der Waals surface area contributed by atoms with E-state index in [1.807, 2.05) is 6.92 Å². The van der Waals surface area contributed by atoms with Gasteiger partial charge in [0.05, 0.1) is 18.3 Å². The molecule has 1 aliphatic heterocycles. The number of aromatic nitrogens is 2. The minimum Gasteiger partial charge on any atom is -0.393 e. The summed E-state index contributed by atoms with van der Waals surface area (Å²) in [5.41, 5.74) is 1.67. The number of aryl methyl sites for hydroxylation is 2. The molecule has 2 rings (SSSR count). The number of carbonyl (C=O) groups is 2. The van der Waals surface area contributed by atoms with Gasteiger partial charge in [0, 0.05) is 7.05 Å². The number of nitrogens with zero attached hydrogens (tertiary/aromatic N) is 2. The average Bonchev–Trinajstić information content (AvgIpc) is 2.57. The number of carbonyl (C=O) groups excluding carboxylic acids is 2. The smallest absolute Gasteiger partial charge is 0.323 e. The molecule has 1 aromatic rings. The second kappa shape index (κ2) is 2.94. The molecule has 1 atom stereocenters. The number of rotatable bonds is 1. The molecule has 1 fully saturated rings. The van der Waals surface area contributed by atoms with Gasteiger partial charge in [0.2, 0.25) is 0 Å². The van der Waals surface area contributed by atoms with Gasteiger partial charge in [-0.2, -0.15) is 5.10 Å². The van der Waals surface area contributed by atoms with Crippen LogP contribution in [0.1, 0.15) is 23.6 Å². The number of esters is 2. The Kier molecular flexibility index (Phi) is 1.87. The van der Waals surface area contributed by atoms with Gasteiger partial charge in [0.25, 0.3) is 0 Å². The van der Waals surface area contributed by atoms with Crippen molar-refractivity contribution in [1.29, 1.82) is 0 Å². The molecule has 1 unspecified atom stereocenters. The molecule has 0 aromatic carbocycles. The van der Waals surface area contributed by atoms with Crippen LogP contribution in [0.15, 0.2) is 6.20 Å². The average molecular weight is 194 g/mol. The first kappa shape index (κ1) is 8.93. The van der Waals surface area contributed by atoms with Crippen molar-refractivity contribution in [3.8, 4) is 0 Å². The van der Waals surface area contributed by atoms with Crippen LogP contribution in [-0.2, 0) is 21.4 Å². The maximum Gasteiger partial charge on any atom is 0.323 e.